The first-order valence-corrected chi connectivity index (χ1v) is 8.41. The third-order valence-corrected chi connectivity index (χ3v) is 4.15. The number of anilines is 3. The van der Waals surface area contributed by atoms with Gasteiger partial charge in [-0.25, -0.2) is 4.98 Å². The van der Waals surface area contributed by atoms with E-state index in [-0.39, 0.29) is 0 Å². The highest BCUT2D eigenvalue weighted by molar-refractivity contribution is 5.59. The molecule has 0 bridgehead atoms. The number of hydrogen-bond acceptors (Lipinski definition) is 6. The first-order chi connectivity index (χ1) is 11.7. The highest BCUT2D eigenvalue weighted by Gasteiger charge is 2.21. The van der Waals surface area contributed by atoms with Crippen LogP contribution in [0.3, 0.4) is 0 Å². The predicted molar refractivity (Wildman–Crippen MR) is 98.4 cm³/mol. The number of piperazine rings is 1. The molecule has 1 fully saturated rings. The second-order valence-electron chi connectivity index (χ2n) is 5.98. The number of aromatic nitrogens is 2. The van der Waals surface area contributed by atoms with Crippen molar-refractivity contribution >= 4 is 17.5 Å². The van der Waals surface area contributed by atoms with Crippen LogP contribution in [0.1, 0.15) is 6.92 Å². The van der Waals surface area contributed by atoms with Crippen LogP contribution in [0.2, 0.25) is 0 Å². The molecule has 2 aromatic rings. The molecule has 1 aromatic heterocycles. The van der Waals surface area contributed by atoms with E-state index in [0.717, 1.165) is 43.7 Å². The lowest BCUT2D eigenvalue weighted by molar-refractivity contribution is 0.340. The summed E-state index contributed by atoms with van der Waals surface area (Å²) in [5, 5.41) is 0. The Morgan fingerprint density at radius 1 is 1.04 bits per heavy atom. The van der Waals surface area contributed by atoms with Crippen molar-refractivity contribution in [3.8, 4) is 5.75 Å². The zero-order valence-electron chi connectivity index (χ0n) is 14.6. The topological polar surface area (TPSA) is 44.7 Å². The maximum absolute atomic E-state index is 5.76. The Kier molecular flexibility index (Phi) is 5.03. The van der Waals surface area contributed by atoms with Crippen LogP contribution >= 0.6 is 0 Å². The van der Waals surface area contributed by atoms with Crippen LogP contribution in [0.25, 0.3) is 0 Å². The molecule has 1 aromatic carbocycles. The van der Waals surface area contributed by atoms with Gasteiger partial charge in [-0.3, -0.25) is 0 Å². The molecular weight excluding hydrogens is 302 g/mol. The smallest absolute Gasteiger partial charge is 0.227 e. The predicted octanol–water partition coefficient (Wildman–Crippen LogP) is 2.27. The van der Waals surface area contributed by atoms with Crippen molar-refractivity contribution in [2.75, 3.05) is 61.6 Å². The molecule has 6 nitrogen and oxygen atoms in total. The van der Waals surface area contributed by atoms with Gasteiger partial charge in [0.2, 0.25) is 5.95 Å². The molecule has 0 saturated carbocycles. The summed E-state index contributed by atoms with van der Waals surface area (Å²) in [6.07, 6.45) is 1.83. The molecule has 0 radical (unpaired) electrons. The number of ether oxygens (including phenoxy) is 1. The Labute approximate surface area is 143 Å². The van der Waals surface area contributed by atoms with Crippen molar-refractivity contribution in [3.05, 3.63) is 36.5 Å². The van der Waals surface area contributed by atoms with E-state index in [1.807, 2.05) is 50.3 Å². The molecule has 0 atom stereocenters. The minimum absolute atomic E-state index is 0.683. The van der Waals surface area contributed by atoms with Crippen LogP contribution in [0.4, 0.5) is 17.5 Å². The summed E-state index contributed by atoms with van der Waals surface area (Å²) < 4.78 is 5.76. The number of nitrogens with zero attached hydrogens (tertiary/aromatic N) is 5. The maximum Gasteiger partial charge on any atom is 0.227 e. The molecule has 1 saturated heterocycles. The third kappa shape index (κ3) is 3.53. The molecule has 128 valence electrons. The first-order valence-electron chi connectivity index (χ1n) is 8.41. The van der Waals surface area contributed by atoms with E-state index in [0.29, 0.717) is 6.61 Å². The zero-order valence-corrected chi connectivity index (χ0v) is 14.6. The van der Waals surface area contributed by atoms with Crippen molar-refractivity contribution in [1.82, 2.24) is 9.97 Å². The van der Waals surface area contributed by atoms with Gasteiger partial charge in [0, 0.05) is 46.5 Å². The summed E-state index contributed by atoms with van der Waals surface area (Å²) in [7, 11) is 3.99. The van der Waals surface area contributed by atoms with Gasteiger partial charge in [-0.15, -0.1) is 0 Å². The lowest BCUT2D eigenvalue weighted by Crippen LogP contribution is -2.47. The Hall–Kier alpha value is -2.50. The van der Waals surface area contributed by atoms with E-state index in [2.05, 4.69) is 31.9 Å². The molecule has 24 heavy (non-hydrogen) atoms. The van der Waals surface area contributed by atoms with E-state index < -0.39 is 0 Å². The molecule has 0 unspecified atom stereocenters. The number of rotatable bonds is 5. The number of benzene rings is 1. The highest BCUT2D eigenvalue weighted by atomic mass is 16.5. The van der Waals surface area contributed by atoms with Gasteiger partial charge in [0.1, 0.15) is 11.6 Å². The summed E-state index contributed by atoms with van der Waals surface area (Å²) in [6.45, 7) is 6.36. The summed E-state index contributed by atoms with van der Waals surface area (Å²) in [5.74, 6) is 2.70. The standard InChI is InChI=1S/C18H25N5O/c1-4-24-16-8-6-5-7-15(16)22-11-13-23(14-12-22)18-19-10-9-17(20-18)21(2)3/h5-10H,4,11-14H2,1-3H3. The van der Waals surface area contributed by atoms with Crippen molar-refractivity contribution in [2.45, 2.75) is 6.92 Å². The Bertz CT molecular complexity index is 668. The molecule has 0 spiro atoms. The maximum atomic E-state index is 5.76. The molecule has 0 aliphatic carbocycles. The fourth-order valence-electron chi connectivity index (χ4n) is 2.88. The summed E-state index contributed by atoms with van der Waals surface area (Å²) in [6, 6.07) is 10.2. The monoisotopic (exact) mass is 327 g/mol. The molecule has 0 N–H and O–H groups in total. The van der Waals surface area contributed by atoms with E-state index in [4.69, 9.17) is 4.74 Å². The molecule has 6 heteroatoms. The number of hydrogen-bond donors (Lipinski definition) is 0. The van der Waals surface area contributed by atoms with Gasteiger partial charge < -0.3 is 19.4 Å². The van der Waals surface area contributed by atoms with Crippen molar-refractivity contribution in [1.29, 1.82) is 0 Å². The second-order valence-corrected chi connectivity index (χ2v) is 5.98. The molecule has 1 aliphatic heterocycles. The third-order valence-electron chi connectivity index (χ3n) is 4.15. The average molecular weight is 327 g/mol. The minimum Gasteiger partial charge on any atom is -0.492 e. The van der Waals surface area contributed by atoms with Crippen LogP contribution in [-0.2, 0) is 0 Å². The van der Waals surface area contributed by atoms with Crippen molar-refractivity contribution in [3.63, 3.8) is 0 Å². The van der Waals surface area contributed by atoms with Crippen molar-refractivity contribution in [2.24, 2.45) is 0 Å². The SMILES string of the molecule is CCOc1ccccc1N1CCN(c2nccc(N(C)C)n2)CC1. The van der Waals surface area contributed by atoms with Crippen LogP contribution in [-0.4, -0.2) is 56.8 Å². The van der Waals surface area contributed by atoms with Gasteiger partial charge in [-0.2, -0.15) is 4.98 Å². The fraction of sp³-hybridized carbons (Fsp3) is 0.444. The summed E-state index contributed by atoms with van der Waals surface area (Å²) >= 11 is 0. The Morgan fingerprint density at radius 3 is 2.46 bits per heavy atom. The highest BCUT2D eigenvalue weighted by Crippen LogP contribution is 2.29. The van der Waals surface area contributed by atoms with E-state index >= 15 is 0 Å². The van der Waals surface area contributed by atoms with E-state index in [1.54, 1.807) is 0 Å². The molecular formula is C18H25N5O. The lowest BCUT2D eigenvalue weighted by atomic mass is 10.2. The van der Waals surface area contributed by atoms with Gasteiger partial charge in [-0.1, -0.05) is 12.1 Å². The Balaban J connectivity index is 1.69. The van der Waals surface area contributed by atoms with Crippen LogP contribution in [0.15, 0.2) is 36.5 Å². The van der Waals surface area contributed by atoms with Gasteiger partial charge >= 0.3 is 0 Å². The van der Waals surface area contributed by atoms with Gasteiger partial charge in [-0.05, 0) is 25.1 Å². The van der Waals surface area contributed by atoms with Gasteiger partial charge in [0.05, 0.1) is 12.3 Å². The van der Waals surface area contributed by atoms with Crippen LogP contribution in [0, 0.1) is 0 Å². The van der Waals surface area contributed by atoms with Gasteiger partial charge in [0.15, 0.2) is 0 Å². The quantitative estimate of drug-likeness (QED) is 0.839. The van der Waals surface area contributed by atoms with Gasteiger partial charge in [0.25, 0.3) is 0 Å². The molecule has 3 rings (SSSR count). The van der Waals surface area contributed by atoms with E-state index in [9.17, 15) is 0 Å². The first kappa shape index (κ1) is 16.4. The lowest BCUT2D eigenvalue weighted by Gasteiger charge is -2.36. The summed E-state index contributed by atoms with van der Waals surface area (Å²) in [5.41, 5.74) is 1.17. The summed E-state index contributed by atoms with van der Waals surface area (Å²) in [4.78, 5) is 15.7. The molecule has 1 aliphatic rings. The second kappa shape index (κ2) is 7.38. The number of para-hydroxylation sites is 2. The average Bonchev–Trinajstić information content (AvgIpc) is 2.63. The van der Waals surface area contributed by atoms with E-state index in [1.165, 1.54) is 5.69 Å². The van der Waals surface area contributed by atoms with Crippen molar-refractivity contribution < 1.29 is 4.74 Å². The largest absolute Gasteiger partial charge is 0.492 e. The Morgan fingerprint density at radius 2 is 1.75 bits per heavy atom. The molecule has 2 heterocycles. The van der Waals surface area contributed by atoms with Crippen LogP contribution in [0.5, 0.6) is 5.75 Å². The van der Waals surface area contributed by atoms with Crippen LogP contribution < -0.4 is 19.4 Å². The molecule has 0 amide bonds. The normalized spacial score (nSPS) is 14.6. The minimum atomic E-state index is 0.683. The fourth-order valence-corrected chi connectivity index (χ4v) is 2.88. The zero-order chi connectivity index (χ0) is 16.9.